The van der Waals surface area contributed by atoms with Gasteiger partial charge in [-0.05, 0) is 53.8 Å². The molecule has 1 aromatic heterocycles. The van der Waals surface area contributed by atoms with Crippen LogP contribution in [0, 0.1) is 0 Å². The molecule has 0 aliphatic carbocycles. The normalized spacial score (nSPS) is 11.0. The summed E-state index contributed by atoms with van der Waals surface area (Å²) in [5.41, 5.74) is 2.42. The summed E-state index contributed by atoms with van der Waals surface area (Å²) in [6, 6.07) is 14.5. The molecule has 156 valence electrons. The second-order valence-corrected chi connectivity index (χ2v) is 8.36. The third-order valence-electron chi connectivity index (χ3n) is 4.97. The fraction of sp³-hybridized carbons (Fsp3) is 0.261. The summed E-state index contributed by atoms with van der Waals surface area (Å²) < 4.78 is 5.58. The molecule has 0 aliphatic heterocycles. The number of rotatable bonds is 8. The first-order chi connectivity index (χ1) is 14.4. The Hall–Kier alpha value is -3.19. The van der Waals surface area contributed by atoms with Gasteiger partial charge in [-0.15, -0.1) is 11.3 Å². The molecule has 0 unspecified atom stereocenters. The molecule has 6 nitrogen and oxygen atoms in total. The molecule has 0 spiro atoms. The first kappa shape index (κ1) is 21.5. The Balaban J connectivity index is 1.49. The molecule has 3 rings (SSSR count). The number of carbonyl (C=O) groups is 2. The molecule has 7 heteroatoms. The number of anilines is 2. The van der Waals surface area contributed by atoms with Crippen LogP contribution >= 0.6 is 11.3 Å². The van der Waals surface area contributed by atoms with E-state index in [9.17, 15) is 9.59 Å². The maximum absolute atomic E-state index is 12.2. The fourth-order valence-corrected chi connectivity index (χ4v) is 3.24. The Labute approximate surface area is 180 Å². The Kier molecular flexibility index (Phi) is 6.84. The number of nitrogens with one attached hydrogen (secondary N) is 2. The van der Waals surface area contributed by atoms with Gasteiger partial charge in [0.15, 0.2) is 11.7 Å². The van der Waals surface area contributed by atoms with Crippen molar-refractivity contribution in [3.05, 3.63) is 71.2 Å². The number of hydrogen-bond donors (Lipinski definition) is 2. The number of benzene rings is 2. The van der Waals surface area contributed by atoms with Crippen LogP contribution < -0.4 is 15.4 Å². The first-order valence-corrected chi connectivity index (χ1v) is 10.6. The quantitative estimate of drug-likeness (QED) is 0.528. The molecular formula is C23H25N3O3S. The maximum atomic E-state index is 12.2. The third kappa shape index (κ3) is 5.67. The standard InChI is InChI=1S/C23H25N3O3S/c1-4-23(2,3)17-7-11-19(12-8-17)29-15-20(27)25-18-9-5-16(6-10-18)21(28)26-22-24-13-14-30-22/h5-14H,4,15H2,1-3H3,(H,25,27)(H,24,26,28). The Morgan fingerprint density at radius 2 is 1.73 bits per heavy atom. The van der Waals surface area contributed by atoms with Crippen LogP contribution in [0.5, 0.6) is 5.75 Å². The van der Waals surface area contributed by atoms with E-state index < -0.39 is 0 Å². The Morgan fingerprint density at radius 1 is 1.03 bits per heavy atom. The molecular weight excluding hydrogens is 398 g/mol. The number of hydrogen-bond acceptors (Lipinski definition) is 5. The molecule has 30 heavy (non-hydrogen) atoms. The number of amides is 2. The zero-order valence-corrected chi connectivity index (χ0v) is 18.1. The lowest BCUT2D eigenvalue weighted by Crippen LogP contribution is -2.20. The van der Waals surface area contributed by atoms with Crippen molar-refractivity contribution < 1.29 is 14.3 Å². The van der Waals surface area contributed by atoms with Gasteiger partial charge < -0.3 is 10.1 Å². The zero-order chi connectivity index (χ0) is 21.6. The van der Waals surface area contributed by atoms with E-state index in [4.69, 9.17) is 4.74 Å². The van der Waals surface area contributed by atoms with Gasteiger partial charge in [-0.3, -0.25) is 14.9 Å². The Morgan fingerprint density at radius 3 is 2.33 bits per heavy atom. The highest BCUT2D eigenvalue weighted by atomic mass is 32.1. The van der Waals surface area contributed by atoms with E-state index in [1.165, 1.54) is 16.9 Å². The van der Waals surface area contributed by atoms with Crippen molar-refractivity contribution in [2.24, 2.45) is 0 Å². The van der Waals surface area contributed by atoms with Gasteiger partial charge in [0.05, 0.1) is 0 Å². The van der Waals surface area contributed by atoms with E-state index >= 15 is 0 Å². The van der Waals surface area contributed by atoms with Crippen molar-refractivity contribution in [1.82, 2.24) is 4.98 Å². The van der Waals surface area contributed by atoms with Gasteiger partial charge >= 0.3 is 0 Å². The van der Waals surface area contributed by atoms with Crippen molar-refractivity contribution >= 4 is 34.0 Å². The minimum absolute atomic E-state index is 0.0944. The second-order valence-electron chi connectivity index (χ2n) is 7.47. The van der Waals surface area contributed by atoms with Crippen molar-refractivity contribution in [2.75, 3.05) is 17.2 Å². The smallest absolute Gasteiger partial charge is 0.262 e. The average molecular weight is 424 g/mol. The largest absolute Gasteiger partial charge is 0.484 e. The SMILES string of the molecule is CCC(C)(C)c1ccc(OCC(=O)Nc2ccc(C(=O)Nc3nccs3)cc2)cc1. The van der Waals surface area contributed by atoms with Gasteiger partial charge in [0.25, 0.3) is 11.8 Å². The summed E-state index contributed by atoms with van der Waals surface area (Å²) >= 11 is 1.35. The van der Waals surface area contributed by atoms with E-state index in [-0.39, 0.29) is 23.8 Å². The molecule has 0 fully saturated rings. The monoisotopic (exact) mass is 423 g/mol. The number of aromatic nitrogens is 1. The van der Waals surface area contributed by atoms with Crippen LogP contribution in [0.3, 0.4) is 0 Å². The van der Waals surface area contributed by atoms with Gasteiger partial charge in [-0.1, -0.05) is 32.9 Å². The minimum atomic E-state index is -0.270. The average Bonchev–Trinajstić information content (AvgIpc) is 3.26. The van der Waals surface area contributed by atoms with E-state index in [2.05, 4.69) is 36.4 Å². The predicted octanol–water partition coefficient (Wildman–Crippen LogP) is 5.10. The van der Waals surface area contributed by atoms with Gasteiger partial charge in [0.1, 0.15) is 5.75 Å². The van der Waals surface area contributed by atoms with E-state index in [1.54, 1.807) is 35.8 Å². The van der Waals surface area contributed by atoms with Gasteiger partial charge in [0, 0.05) is 22.8 Å². The summed E-state index contributed by atoms with van der Waals surface area (Å²) in [5, 5.41) is 7.81. The summed E-state index contributed by atoms with van der Waals surface area (Å²) in [7, 11) is 0. The van der Waals surface area contributed by atoms with Crippen LogP contribution in [-0.4, -0.2) is 23.4 Å². The van der Waals surface area contributed by atoms with E-state index in [0.29, 0.717) is 22.1 Å². The second kappa shape index (κ2) is 9.54. The third-order valence-corrected chi connectivity index (χ3v) is 5.66. The first-order valence-electron chi connectivity index (χ1n) is 9.71. The highest BCUT2D eigenvalue weighted by Crippen LogP contribution is 2.28. The lowest BCUT2D eigenvalue weighted by Gasteiger charge is -2.23. The highest BCUT2D eigenvalue weighted by molar-refractivity contribution is 7.13. The van der Waals surface area contributed by atoms with Crippen LogP contribution in [0.15, 0.2) is 60.1 Å². The molecule has 0 aliphatic rings. The summed E-state index contributed by atoms with van der Waals surface area (Å²) in [6.45, 7) is 6.46. The topological polar surface area (TPSA) is 80.3 Å². The number of thiazole rings is 1. The maximum Gasteiger partial charge on any atom is 0.262 e. The van der Waals surface area contributed by atoms with Crippen molar-refractivity contribution in [1.29, 1.82) is 0 Å². The van der Waals surface area contributed by atoms with E-state index in [0.717, 1.165) is 6.42 Å². The molecule has 0 atom stereocenters. The zero-order valence-electron chi connectivity index (χ0n) is 17.3. The number of ether oxygens (including phenoxy) is 1. The summed E-state index contributed by atoms with van der Waals surface area (Å²) in [6.07, 6.45) is 2.67. The van der Waals surface area contributed by atoms with Crippen molar-refractivity contribution in [3.63, 3.8) is 0 Å². The summed E-state index contributed by atoms with van der Waals surface area (Å²) in [5.74, 6) is 0.129. The molecule has 0 radical (unpaired) electrons. The number of nitrogens with zero attached hydrogens (tertiary/aromatic N) is 1. The molecule has 0 saturated carbocycles. The van der Waals surface area contributed by atoms with Crippen LogP contribution in [0.1, 0.15) is 43.1 Å². The summed E-state index contributed by atoms with van der Waals surface area (Å²) in [4.78, 5) is 28.3. The minimum Gasteiger partial charge on any atom is -0.484 e. The van der Waals surface area contributed by atoms with Gasteiger partial charge in [-0.2, -0.15) is 0 Å². The molecule has 2 N–H and O–H groups in total. The predicted molar refractivity (Wildman–Crippen MR) is 120 cm³/mol. The molecule has 0 saturated heterocycles. The van der Waals surface area contributed by atoms with E-state index in [1.807, 2.05) is 24.3 Å². The molecule has 2 amide bonds. The highest BCUT2D eigenvalue weighted by Gasteiger charge is 2.17. The van der Waals surface area contributed by atoms with Crippen LogP contribution in [0.25, 0.3) is 0 Å². The molecule has 3 aromatic rings. The van der Waals surface area contributed by atoms with Gasteiger partial charge in [-0.25, -0.2) is 4.98 Å². The lowest BCUT2D eigenvalue weighted by molar-refractivity contribution is -0.118. The number of carbonyl (C=O) groups excluding carboxylic acids is 2. The van der Waals surface area contributed by atoms with Crippen LogP contribution in [0.2, 0.25) is 0 Å². The van der Waals surface area contributed by atoms with Crippen LogP contribution in [-0.2, 0) is 10.2 Å². The molecule has 1 heterocycles. The lowest BCUT2D eigenvalue weighted by atomic mass is 9.82. The van der Waals surface area contributed by atoms with Crippen LogP contribution in [0.4, 0.5) is 10.8 Å². The molecule has 2 aromatic carbocycles. The van der Waals surface area contributed by atoms with Crippen molar-refractivity contribution in [3.8, 4) is 5.75 Å². The fourth-order valence-electron chi connectivity index (χ4n) is 2.71. The molecule has 0 bridgehead atoms. The van der Waals surface area contributed by atoms with Gasteiger partial charge in [0.2, 0.25) is 0 Å². The Bertz CT molecular complexity index is 982. The van der Waals surface area contributed by atoms with Crippen molar-refractivity contribution in [2.45, 2.75) is 32.6 Å².